The zero-order valence-electron chi connectivity index (χ0n) is 14.5. The number of unbranched alkanes of at least 4 members (excludes halogenated alkanes) is 5. The fourth-order valence-electron chi connectivity index (χ4n) is 2.51. The molecule has 0 spiro atoms. The monoisotopic (exact) mass is 361 g/mol. The first kappa shape index (κ1) is 19.2. The summed E-state index contributed by atoms with van der Waals surface area (Å²) in [4.78, 5) is 31.1. The summed E-state index contributed by atoms with van der Waals surface area (Å²) in [5.41, 5.74) is 0.324. The molecule has 134 valence electrons. The molecular formula is C19H24ClN3O2. The third-order valence-corrected chi connectivity index (χ3v) is 4.23. The van der Waals surface area contributed by atoms with E-state index in [2.05, 4.69) is 22.2 Å². The van der Waals surface area contributed by atoms with E-state index >= 15 is 0 Å². The van der Waals surface area contributed by atoms with Crippen LogP contribution in [0.15, 0.2) is 35.3 Å². The molecule has 0 unspecified atom stereocenters. The molecule has 0 radical (unpaired) electrons. The van der Waals surface area contributed by atoms with E-state index in [9.17, 15) is 9.59 Å². The van der Waals surface area contributed by atoms with Crippen LogP contribution in [0.5, 0.6) is 0 Å². The minimum Gasteiger partial charge on any atom is -0.352 e. The first-order chi connectivity index (χ1) is 12.1. The summed E-state index contributed by atoms with van der Waals surface area (Å²) in [6.07, 6.45) is 8.22. The molecule has 2 N–H and O–H groups in total. The van der Waals surface area contributed by atoms with E-state index in [4.69, 9.17) is 11.6 Å². The van der Waals surface area contributed by atoms with Gasteiger partial charge >= 0.3 is 0 Å². The topological polar surface area (TPSA) is 74.8 Å². The van der Waals surface area contributed by atoms with Crippen LogP contribution in [0.4, 0.5) is 0 Å². The Bertz CT molecular complexity index is 741. The molecule has 0 fully saturated rings. The highest BCUT2D eigenvalue weighted by molar-refractivity contribution is 6.30. The molecule has 6 heteroatoms. The molecule has 0 saturated carbocycles. The number of carbonyl (C=O) groups is 1. The third kappa shape index (κ3) is 6.02. The van der Waals surface area contributed by atoms with Gasteiger partial charge in [-0.3, -0.25) is 9.59 Å². The van der Waals surface area contributed by atoms with Crippen LogP contribution in [0.1, 0.15) is 55.8 Å². The predicted molar refractivity (Wildman–Crippen MR) is 101 cm³/mol. The summed E-state index contributed by atoms with van der Waals surface area (Å²) < 4.78 is 0. The summed E-state index contributed by atoms with van der Waals surface area (Å²) in [5, 5.41) is 3.39. The van der Waals surface area contributed by atoms with E-state index in [-0.39, 0.29) is 11.5 Å². The highest BCUT2D eigenvalue weighted by atomic mass is 35.5. The Morgan fingerprint density at radius 3 is 2.48 bits per heavy atom. The van der Waals surface area contributed by atoms with Crippen molar-refractivity contribution in [2.24, 2.45) is 0 Å². The SMILES string of the molecule is CCCCCCCCNC(=O)c1cnc(-c2ccc(Cl)cc2)[nH]c1=O. The minimum atomic E-state index is -0.444. The lowest BCUT2D eigenvalue weighted by molar-refractivity contribution is 0.0951. The van der Waals surface area contributed by atoms with Crippen molar-refractivity contribution in [3.63, 3.8) is 0 Å². The van der Waals surface area contributed by atoms with Crippen molar-refractivity contribution in [2.45, 2.75) is 45.4 Å². The first-order valence-electron chi connectivity index (χ1n) is 8.75. The van der Waals surface area contributed by atoms with Crippen molar-refractivity contribution in [1.82, 2.24) is 15.3 Å². The zero-order valence-corrected chi connectivity index (χ0v) is 15.2. The molecule has 2 aromatic rings. The van der Waals surface area contributed by atoms with Gasteiger partial charge in [-0.2, -0.15) is 0 Å². The van der Waals surface area contributed by atoms with Gasteiger partial charge in [0.15, 0.2) is 0 Å². The van der Waals surface area contributed by atoms with Gasteiger partial charge in [0.25, 0.3) is 11.5 Å². The standard InChI is InChI=1S/C19H24ClN3O2/c1-2-3-4-5-6-7-12-21-18(24)16-13-22-17(23-19(16)25)14-8-10-15(20)11-9-14/h8-11,13H,2-7,12H2,1H3,(H,21,24)(H,22,23,25). The van der Waals surface area contributed by atoms with E-state index in [0.29, 0.717) is 17.4 Å². The van der Waals surface area contributed by atoms with Crippen LogP contribution >= 0.6 is 11.6 Å². The van der Waals surface area contributed by atoms with Crippen LogP contribution in [0.2, 0.25) is 5.02 Å². The molecule has 0 bridgehead atoms. The van der Waals surface area contributed by atoms with E-state index in [1.165, 1.54) is 31.9 Å². The van der Waals surface area contributed by atoms with Gasteiger partial charge < -0.3 is 10.3 Å². The second kappa shape index (κ2) is 9.99. The van der Waals surface area contributed by atoms with E-state index < -0.39 is 5.56 Å². The number of benzene rings is 1. The summed E-state index contributed by atoms with van der Waals surface area (Å²) in [6, 6.07) is 6.97. The summed E-state index contributed by atoms with van der Waals surface area (Å²) in [7, 11) is 0. The second-order valence-electron chi connectivity index (χ2n) is 6.01. The molecular weight excluding hydrogens is 338 g/mol. The number of nitrogens with one attached hydrogen (secondary N) is 2. The van der Waals surface area contributed by atoms with Gasteiger partial charge in [-0.1, -0.05) is 50.6 Å². The molecule has 0 aliphatic rings. The average Bonchev–Trinajstić information content (AvgIpc) is 2.61. The maximum atomic E-state index is 12.1. The van der Waals surface area contributed by atoms with Crippen molar-refractivity contribution in [1.29, 1.82) is 0 Å². The van der Waals surface area contributed by atoms with E-state index in [0.717, 1.165) is 18.4 Å². The number of rotatable bonds is 9. The Kier molecular flexibility index (Phi) is 7.67. The number of aromatic amines is 1. The average molecular weight is 362 g/mol. The van der Waals surface area contributed by atoms with Crippen LogP contribution in [0.3, 0.4) is 0 Å². The molecule has 1 amide bonds. The number of carbonyl (C=O) groups excluding carboxylic acids is 1. The van der Waals surface area contributed by atoms with Crippen LogP contribution in [-0.4, -0.2) is 22.4 Å². The molecule has 1 aromatic heterocycles. The van der Waals surface area contributed by atoms with Gasteiger partial charge in [-0.25, -0.2) is 4.98 Å². The normalized spacial score (nSPS) is 10.6. The predicted octanol–water partition coefficient (Wildman–Crippen LogP) is 4.18. The molecule has 0 saturated heterocycles. The van der Waals surface area contributed by atoms with Gasteiger partial charge in [0.1, 0.15) is 11.4 Å². The van der Waals surface area contributed by atoms with Crippen molar-refractivity contribution in [3.8, 4) is 11.4 Å². The maximum absolute atomic E-state index is 12.1. The Morgan fingerprint density at radius 1 is 1.12 bits per heavy atom. The molecule has 0 aliphatic carbocycles. The van der Waals surface area contributed by atoms with Crippen LogP contribution in [-0.2, 0) is 0 Å². The Balaban J connectivity index is 1.88. The second-order valence-corrected chi connectivity index (χ2v) is 6.44. The molecule has 0 aliphatic heterocycles. The lowest BCUT2D eigenvalue weighted by Gasteiger charge is -2.06. The van der Waals surface area contributed by atoms with Crippen LogP contribution < -0.4 is 10.9 Å². The number of aromatic nitrogens is 2. The van der Waals surface area contributed by atoms with Gasteiger partial charge in [-0.05, 0) is 30.7 Å². The van der Waals surface area contributed by atoms with Crippen molar-refractivity contribution >= 4 is 17.5 Å². The maximum Gasteiger partial charge on any atom is 0.264 e. The highest BCUT2D eigenvalue weighted by Crippen LogP contribution is 2.16. The van der Waals surface area contributed by atoms with E-state index in [1.807, 2.05) is 0 Å². The number of halogens is 1. The largest absolute Gasteiger partial charge is 0.352 e. The lowest BCUT2D eigenvalue weighted by atomic mass is 10.1. The lowest BCUT2D eigenvalue weighted by Crippen LogP contribution is -2.30. The number of H-pyrrole nitrogens is 1. The van der Waals surface area contributed by atoms with Crippen LogP contribution in [0, 0.1) is 0 Å². The molecule has 25 heavy (non-hydrogen) atoms. The number of nitrogens with zero attached hydrogens (tertiary/aromatic N) is 1. The Hall–Kier alpha value is -2.14. The number of hydrogen-bond donors (Lipinski definition) is 2. The number of hydrogen-bond acceptors (Lipinski definition) is 3. The quantitative estimate of drug-likeness (QED) is 0.658. The zero-order chi connectivity index (χ0) is 18.1. The molecule has 0 atom stereocenters. The minimum absolute atomic E-state index is 0.0312. The summed E-state index contributed by atoms with van der Waals surface area (Å²) in [6.45, 7) is 2.76. The van der Waals surface area contributed by atoms with E-state index in [1.54, 1.807) is 24.3 Å². The molecule has 1 aromatic carbocycles. The summed E-state index contributed by atoms with van der Waals surface area (Å²) >= 11 is 5.85. The van der Waals surface area contributed by atoms with Crippen molar-refractivity contribution < 1.29 is 4.79 Å². The Labute approximate surface area is 152 Å². The molecule has 2 rings (SSSR count). The molecule has 1 heterocycles. The number of amides is 1. The van der Waals surface area contributed by atoms with Gasteiger partial charge in [-0.15, -0.1) is 0 Å². The van der Waals surface area contributed by atoms with Crippen LogP contribution in [0.25, 0.3) is 11.4 Å². The Morgan fingerprint density at radius 2 is 1.80 bits per heavy atom. The third-order valence-electron chi connectivity index (χ3n) is 3.98. The van der Waals surface area contributed by atoms with Gasteiger partial charge in [0.05, 0.1) is 0 Å². The van der Waals surface area contributed by atoms with Crippen molar-refractivity contribution in [2.75, 3.05) is 6.54 Å². The molecule has 5 nitrogen and oxygen atoms in total. The van der Waals surface area contributed by atoms with Gasteiger partial charge in [0.2, 0.25) is 0 Å². The fraction of sp³-hybridized carbons (Fsp3) is 0.421. The smallest absolute Gasteiger partial charge is 0.264 e. The van der Waals surface area contributed by atoms with Crippen molar-refractivity contribution in [3.05, 3.63) is 51.4 Å². The highest BCUT2D eigenvalue weighted by Gasteiger charge is 2.12. The van der Waals surface area contributed by atoms with Gasteiger partial charge in [0, 0.05) is 23.3 Å². The summed E-state index contributed by atoms with van der Waals surface area (Å²) in [5.74, 6) is 0.0269. The fourth-order valence-corrected chi connectivity index (χ4v) is 2.64. The first-order valence-corrected chi connectivity index (χ1v) is 9.13.